The molecule has 2 aromatic rings. The third-order valence-electron chi connectivity index (χ3n) is 5.77. The van der Waals surface area contributed by atoms with Crippen molar-refractivity contribution in [1.82, 2.24) is 5.32 Å². The van der Waals surface area contributed by atoms with E-state index in [1.165, 1.54) is 24.3 Å². The maximum absolute atomic E-state index is 13.5. The fraction of sp³-hybridized carbons (Fsp3) is 0.333. The molecular weight excluding hydrogens is 405 g/mol. The third-order valence-corrected chi connectivity index (χ3v) is 5.77. The second-order valence-corrected chi connectivity index (χ2v) is 8.79. The van der Waals surface area contributed by atoms with E-state index in [0.29, 0.717) is 29.7 Å². The van der Waals surface area contributed by atoms with Crippen molar-refractivity contribution in [3.63, 3.8) is 0 Å². The van der Waals surface area contributed by atoms with Crippen LogP contribution in [-0.4, -0.2) is 5.78 Å². The Kier molecular flexibility index (Phi) is 4.84. The molecule has 2 aliphatic rings. The Morgan fingerprint density at radius 2 is 1.87 bits per heavy atom. The Morgan fingerprint density at radius 1 is 1.16 bits per heavy atom. The monoisotopic (exact) mass is 426 g/mol. The average Bonchev–Trinajstić information content (AvgIpc) is 3.15. The Hall–Kier alpha value is -3.27. The molecule has 0 amide bonds. The van der Waals surface area contributed by atoms with Crippen LogP contribution >= 0.6 is 0 Å². The zero-order valence-electron chi connectivity index (χ0n) is 17.4. The molecule has 0 bridgehead atoms. The topological polar surface area (TPSA) is 66.0 Å². The van der Waals surface area contributed by atoms with Crippen LogP contribution < -0.4 is 5.32 Å². The first-order valence-corrected chi connectivity index (χ1v) is 9.92. The normalized spacial score (nSPS) is 20.9. The number of carbonyl (C=O) groups is 1. The largest absolute Gasteiger partial charge is 0.460 e. The van der Waals surface area contributed by atoms with Crippen molar-refractivity contribution < 1.29 is 22.4 Å². The van der Waals surface area contributed by atoms with Gasteiger partial charge in [0.25, 0.3) is 0 Å². The molecule has 0 unspecified atom stereocenters. The molecule has 31 heavy (non-hydrogen) atoms. The van der Waals surface area contributed by atoms with Crippen molar-refractivity contribution in [2.45, 2.75) is 45.7 Å². The average molecular weight is 426 g/mol. The lowest BCUT2D eigenvalue weighted by molar-refractivity contribution is -0.137. The third kappa shape index (κ3) is 3.67. The van der Waals surface area contributed by atoms with E-state index in [0.717, 1.165) is 11.8 Å². The number of alkyl halides is 3. The van der Waals surface area contributed by atoms with Gasteiger partial charge in [0.15, 0.2) is 5.78 Å². The molecule has 1 aliphatic carbocycles. The summed E-state index contributed by atoms with van der Waals surface area (Å²) < 4.78 is 46.2. The summed E-state index contributed by atoms with van der Waals surface area (Å²) in [6.07, 6.45) is -3.58. The molecule has 4 nitrogen and oxygen atoms in total. The number of hydrogen-bond donors (Lipinski definition) is 1. The molecule has 0 saturated carbocycles. The summed E-state index contributed by atoms with van der Waals surface area (Å²) in [7, 11) is 0. The van der Waals surface area contributed by atoms with E-state index < -0.39 is 17.7 Å². The Labute approximate surface area is 178 Å². The first kappa shape index (κ1) is 21.0. The quantitative estimate of drug-likeness (QED) is 0.631. The molecule has 1 atom stereocenters. The number of benzene rings is 1. The van der Waals surface area contributed by atoms with Crippen molar-refractivity contribution in [3.05, 3.63) is 70.3 Å². The van der Waals surface area contributed by atoms with E-state index in [9.17, 15) is 23.2 Å². The number of hydrogen-bond acceptors (Lipinski definition) is 4. The van der Waals surface area contributed by atoms with Crippen LogP contribution in [0.2, 0.25) is 0 Å². The zero-order valence-corrected chi connectivity index (χ0v) is 17.4. The predicted molar refractivity (Wildman–Crippen MR) is 108 cm³/mol. The van der Waals surface area contributed by atoms with Crippen molar-refractivity contribution >= 4 is 5.78 Å². The summed E-state index contributed by atoms with van der Waals surface area (Å²) in [6, 6.07) is 10.3. The fourth-order valence-corrected chi connectivity index (χ4v) is 4.47. The van der Waals surface area contributed by atoms with Gasteiger partial charge in [-0.05, 0) is 37.0 Å². The summed E-state index contributed by atoms with van der Waals surface area (Å²) in [4.78, 5) is 13.0. The minimum absolute atomic E-state index is 0.0436. The van der Waals surface area contributed by atoms with Crippen molar-refractivity contribution in [3.8, 4) is 17.4 Å². The van der Waals surface area contributed by atoms with Gasteiger partial charge in [0.1, 0.15) is 11.5 Å². The number of furan rings is 1. The van der Waals surface area contributed by atoms with Crippen molar-refractivity contribution in [2.75, 3.05) is 0 Å². The van der Waals surface area contributed by atoms with Gasteiger partial charge in [-0.2, -0.15) is 18.4 Å². The van der Waals surface area contributed by atoms with Gasteiger partial charge in [-0.3, -0.25) is 4.79 Å². The Morgan fingerprint density at radius 3 is 2.55 bits per heavy atom. The van der Waals surface area contributed by atoms with Gasteiger partial charge in [-0.25, -0.2) is 0 Å². The molecule has 7 heteroatoms. The summed E-state index contributed by atoms with van der Waals surface area (Å²) in [5, 5.41) is 13.0. The van der Waals surface area contributed by atoms with Crippen LogP contribution in [-0.2, 0) is 11.0 Å². The summed E-state index contributed by atoms with van der Waals surface area (Å²) >= 11 is 0. The smallest absolute Gasteiger partial charge is 0.417 e. The summed E-state index contributed by atoms with van der Waals surface area (Å²) in [5.74, 6) is -0.499. The van der Waals surface area contributed by atoms with E-state index in [2.05, 4.69) is 11.4 Å². The molecule has 1 aliphatic heterocycles. The maximum atomic E-state index is 13.5. The Bertz CT molecular complexity index is 1180. The van der Waals surface area contributed by atoms with Gasteiger partial charge in [-0.1, -0.05) is 32.0 Å². The van der Waals surface area contributed by atoms with Gasteiger partial charge in [-0.15, -0.1) is 0 Å². The highest BCUT2D eigenvalue weighted by Gasteiger charge is 2.42. The van der Waals surface area contributed by atoms with Crippen molar-refractivity contribution in [1.29, 1.82) is 5.26 Å². The van der Waals surface area contributed by atoms with Crippen LogP contribution in [0.1, 0.15) is 50.9 Å². The van der Waals surface area contributed by atoms with Crippen LogP contribution in [0.4, 0.5) is 13.2 Å². The number of carbonyl (C=O) groups excluding carboxylic acids is 1. The number of ketones is 1. The number of nitriles is 1. The number of nitrogens with zero attached hydrogens (tertiary/aromatic N) is 1. The highest BCUT2D eigenvalue weighted by molar-refractivity contribution is 6.00. The first-order chi connectivity index (χ1) is 14.5. The molecule has 0 saturated heterocycles. The van der Waals surface area contributed by atoms with Crippen LogP contribution in [0.5, 0.6) is 0 Å². The molecule has 160 valence electrons. The molecular formula is C24H21F3N2O2. The maximum Gasteiger partial charge on any atom is 0.417 e. The van der Waals surface area contributed by atoms with Crippen LogP contribution in [0, 0.1) is 16.7 Å². The standard InChI is InChI=1S/C24H21F3N2O2/c1-13-15(12-28)21(22-17(29-13)10-23(2,3)11-18(22)30)20-9-8-19(31-20)14-6-4-5-7-16(14)24(25,26)27/h4-9,21,29H,10-11H2,1-3H3/t21-/m0/s1. The molecule has 0 spiro atoms. The SMILES string of the molecule is CC1=C(C#N)[C@@H](c2ccc(-c3ccccc3C(F)(F)F)o2)C2=C(CC(C)(C)CC2=O)N1. The minimum Gasteiger partial charge on any atom is -0.460 e. The second kappa shape index (κ2) is 7.16. The van der Waals surface area contributed by atoms with Gasteiger partial charge >= 0.3 is 6.18 Å². The molecule has 4 rings (SSSR count). The lowest BCUT2D eigenvalue weighted by Crippen LogP contribution is -2.36. The number of Topliss-reactive ketones (excluding diaryl/α,β-unsaturated/α-hetero) is 1. The lowest BCUT2D eigenvalue weighted by atomic mass is 9.70. The van der Waals surface area contributed by atoms with E-state index in [1.54, 1.807) is 13.0 Å². The second-order valence-electron chi connectivity index (χ2n) is 8.79. The summed E-state index contributed by atoms with van der Waals surface area (Å²) in [6.45, 7) is 5.76. The summed E-state index contributed by atoms with van der Waals surface area (Å²) in [5.41, 5.74) is 1.05. The highest BCUT2D eigenvalue weighted by Crippen LogP contribution is 2.47. The van der Waals surface area contributed by atoms with E-state index in [1.807, 2.05) is 13.8 Å². The number of nitrogens with one attached hydrogen (secondary N) is 1. The van der Waals surface area contributed by atoms with Gasteiger partial charge in [0.05, 0.1) is 23.1 Å². The molecule has 1 aromatic carbocycles. The molecule has 0 radical (unpaired) electrons. The van der Waals surface area contributed by atoms with Gasteiger partial charge < -0.3 is 9.73 Å². The highest BCUT2D eigenvalue weighted by atomic mass is 19.4. The number of allylic oxidation sites excluding steroid dienone is 4. The fourth-order valence-electron chi connectivity index (χ4n) is 4.47. The molecule has 1 aromatic heterocycles. The van der Waals surface area contributed by atoms with Crippen LogP contribution in [0.25, 0.3) is 11.3 Å². The van der Waals surface area contributed by atoms with Crippen molar-refractivity contribution in [2.24, 2.45) is 5.41 Å². The Balaban J connectivity index is 1.84. The minimum atomic E-state index is -4.53. The zero-order chi connectivity index (χ0) is 22.6. The van der Waals surface area contributed by atoms with Crippen LogP contribution in [0.3, 0.4) is 0 Å². The number of dihydropyridines is 1. The van der Waals surface area contributed by atoms with E-state index >= 15 is 0 Å². The van der Waals surface area contributed by atoms with Crippen LogP contribution in [0.15, 0.2) is 63.4 Å². The number of halogens is 3. The van der Waals surface area contributed by atoms with E-state index in [-0.39, 0.29) is 28.3 Å². The lowest BCUT2D eigenvalue weighted by Gasteiger charge is -2.38. The first-order valence-electron chi connectivity index (χ1n) is 9.92. The molecule has 0 fully saturated rings. The molecule has 1 N–H and O–H groups in total. The van der Waals surface area contributed by atoms with Gasteiger partial charge in [0.2, 0.25) is 0 Å². The predicted octanol–water partition coefficient (Wildman–Crippen LogP) is 6.09. The number of rotatable bonds is 2. The van der Waals surface area contributed by atoms with Gasteiger partial charge in [0, 0.05) is 29.0 Å². The van der Waals surface area contributed by atoms with E-state index in [4.69, 9.17) is 4.42 Å². The molecule has 2 heterocycles.